The Morgan fingerprint density at radius 3 is 2.46 bits per heavy atom. The third kappa shape index (κ3) is 2.62. The minimum absolute atomic E-state index is 0.0169. The van der Waals surface area contributed by atoms with E-state index in [0.29, 0.717) is 0 Å². The van der Waals surface area contributed by atoms with Gasteiger partial charge in [-0.2, -0.15) is 0 Å². The van der Waals surface area contributed by atoms with Crippen molar-refractivity contribution in [1.29, 1.82) is 0 Å². The molecule has 0 fully saturated rings. The first-order valence-electron chi connectivity index (χ1n) is 8.14. The molecule has 0 aliphatic carbocycles. The maximum Gasteiger partial charge on any atom is 0.275 e. The van der Waals surface area contributed by atoms with Gasteiger partial charge in [0.25, 0.3) is 11.6 Å². The smallest absolute Gasteiger partial charge is 0.275 e. The number of nitrogens with one attached hydrogen (secondary N) is 1. The summed E-state index contributed by atoms with van der Waals surface area (Å²) < 4.78 is 35.5. The number of ether oxygens (including phenoxy) is 1. The summed E-state index contributed by atoms with van der Waals surface area (Å²) in [6.07, 6.45) is 0. The van der Waals surface area contributed by atoms with Gasteiger partial charge < -0.3 is 10.1 Å². The molecule has 28 heavy (non-hydrogen) atoms. The van der Waals surface area contributed by atoms with Crippen molar-refractivity contribution in [3.05, 3.63) is 69.8 Å². The number of alkyl halides is 1. The van der Waals surface area contributed by atoms with Crippen LogP contribution >= 0.6 is 22.9 Å². The molecule has 0 saturated carbocycles. The number of benzene rings is 2. The zero-order chi connectivity index (χ0) is 20.1. The molecule has 1 aromatic heterocycles. The molecule has 3 aromatic rings. The number of carbonyl (C=O) groups is 2. The fraction of sp³-hybridized carbons (Fsp3) is 0.100. The topological polar surface area (TPSA) is 55.4 Å². The highest BCUT2D eigenvalue weighted by atomic mass is 35.5. The van der Waals surface area contributed by atoms with Gasteiger partial charge in [0.05, 0.1) is 12.7 Å². The Balaban J connectivity index is 1.93. The van der Waals surface area contributed by atoms with Gasteiger partial charge in [0, 0.05) is 22.8 Å². The lowest BCUT2D eigenvalue weighted by Gasteiger charge is -2.28. The second-order valence-corrected chi connectivity index (χ2v) is 7.73. The average molecular weight is 420 g/mol. The van der Waals surface area contributed by atoms with Crippen molar-refractivity contribution in [1.82, 2.24) is 0 Å². The van der Waals surface area contributed by atoms with E-state index in [4.69, 9.17) is 16.3 Å². The number of hydrogen-bond acceptors (Lipinski definition) is 4. The van der Waals surface area contributed by atoms with E-state index in [1.54, 1.807) is 6.07 Å². The molecule has 2 aromatic carbocycles. The van der Waals surface area contributed by atoms with Gasteiger partial charge in [0.15, 0.2) is 0 Å². The van der Waals surface area contributed by atoms with Crippen molar-refractivity contribution in [2.75, 3.05) is 12.4 Å². The molecule has 0 saturated heterocycles. The van der Waals surface area contributed by atoms with Crippen LogP contribution in [-0.2, 0) is 10.5 Å². The Kier molecular flexibility index (Phi) is 4.44. The lowest BCUT2D eigenvalue weighted by molar-refractivity contribution is -0.125. The van der Waals surface area contributed by atoms with E-state index in [2.05, 4.69) is 5.32 Å². The highest BCUT2D eigenvalue weighted by Crippen LogP contribution is 2.50. The number of ketones is 1. The molecule has 8 heteroatoms. The molecular weight excluding hydrogens is 408 g/mol. The molecule has 1 aliphatic rings. The Hall–Kier alpha value is -2.77. The zero-order valence-corrected chi connectivity index (χ0v) is 16.0. The predicted molar refractivity (Wildman–Crippen MR) is 103 cm³/mol. The van der Waals surface area contributed by atoms with Crippen LogP contribution in [0.5, 0.6) is 5.75 Å². The van der Waals surface area contributed by atoms with E-state index < -0.39 is 23.2 Å². The fourth-order valence-electron chi connectivity index (χ4n) is 3.17. The molecule has 2 heterocycles. The van der Waals surface area contributed by atoms with Crippen molar-refractivity contribution in [3.8, 4) is 16.9 Å². The summed E-state index contributed by atoms with van der Waals surface area (Å²) in [4.78, 5) is 25.6. The van der Waals surface area contributed by atoms with Crippen LogP contribution < -0.4 is 10.1 Å². The van der Waals surface area contributed by atoms with E-state index in [9.17, 15) is 14.0 Å². The van der Waals surface area contributed by atoms with Crippen LogP contribution in [-0.4, -0.2) is 18.8 Å². The summed E-state index contributed by atoms with van der Waals surface area (Å²) in [6, 6.07) is 11.4. The standard InChI is InChI=1S/C20H12ClF2NO3S/c1-27-11-7-8-12(13(22)9-11)14-15-16(25)20(23,10-5-3-2-4-6-10)19(26)24-18(15)28-17(14)21/h2-9H,1H3,(H,24,26). The third-order valence-electron chi connectivity index (χ3n) is 4.56. The molecule has 1 N–H and O–H groups in total. The molecule has 1 aliphatic heterocycles. The first kappa shape index (κ1) is 18.6. The van der Waals surface area contributed by atoms with Gasteiger partial charge in [-0.3, -0.25) is 9.59 Å². The summed E-state index contributed by atoms with van der Waals surface area (Å²) in [5.74, 6) is -2.58. The number of Topliss-reactive ketones (excluding diaryl/α,β-unsaturated/α-hetero) is 1. The van der Waals surface area contributed by atoms with Crippen molar-refractivity contribution < 1.29 is 23.1 Å². The molecule has 142 valence electrons. The van der Waals surface area contributed by atoms with Gasteiger partial charge in [-0.25, -0.2) is 8.78 Å². The normalized spacial score (nSPS) is 18.6. The van der Waals surface area contributed by atoms with E-state index in [-0.39, 0.29) is 37.3 Å². The lowest BCUT2D eigenvalue weighted by atomic mass is 9.83. The molecule has 0 spiro atoms. The molecule has 1 atom stereocenters. The SMILES string of the molecule is COc1ccc(-c2c(Cl)sc3c2C(=O)C(F)(c2ccccc2)C(=O)N3)c(F)c1. The molecule has 4 nitrogen and oxygen atoms in total. The van der Waals surface area contributed by atoms with Crippen LogP contribution in [0.2, 0.25) is 4.34 Å². The van der Waals surface area contributed by atoms with Gasteiger partial charge in [-0.15, -0.1) is 11.3 Å². The number of fused-ring (bicyclic) bond motifs is 1. The maximum absolute atomic E-state index is 15.8. The van der Waals surface area contributed by atoms with Gasteiger partial charge >= 0.3 is 0 Å². The van der Waals surface area contributed by atoms with Crippen LogP contribution in [0.15, 0.2) is 48.5 Å². The molecule has 0 radical (unpaired) electrons. The molecule has 4 rings (SSSR count). The average Bonchev–Trinajstić information content (AvgIpc) is 3.02. The summed E-state index contributed by atoms with van der Waals surface area (Å²) >= 11 is 7.14. The Morgan fingerprint density at radius 1 is 1.11 bits per heavy atom. The van der Waals surface area contributed by atoms with Gasteiger partial charge in [0.1, 0.15) is 20.9 Å². The number of halogens is 3. The highest BCUT2D eigenvalue weighted by Gasteiger charge is 2.54. The second-order valence-electron chi connectivity index (χ2n) is 6.11. The van der Waals surface area contributed by atoms with Crippen molar-refractivity contribution in [2.24, 2.45) is 0 Å². The monoisotopic (exact) mass is 419 g/mol. The third-order valence-corrected chi connectivity index (χ3v) is 5.88. The van der Waals surface area contributed by atoms with E-state index >= 15 is 4.39 Å². The quantitative estimate of drug-likeness (QED) is 0.592. The predicted octanol–water partition coefficient (Wildman–Crippen LogP) is 5.22. The number of rotatable bonds is 3. The number of hydrogen-bond donors (Lipinski definition) is 1. The summed E-state index contributed by atoms with van der Waals surface area (Å²) in [5, 5.41) is 2.50. The summed E-state index contributed by atoms with van der Waals surface area (Å²) in [5.41, 5.74) is -3.12. The number of carbonyl (C=O) groups excluding carboxylic acids is 2. The first-order chi connectivity index (χ1) is 13.4. The highest BCUT2D eigenvalue weighted by molar-refractivity contribution is 7.21. The number of anilines is 1. The minimum Gasteiger partial charge on any atom is -0.497 e. The Bertz CT molecular complexity index is 1120. The lowest BCUT2D eigenvalue weighted by Crippen LogP contribution is -2.47. The zero-order valence-electron chi connectivity index (χ0n) is 14.4. The number of amides is 1. The summed E-state index contributed by atoms with van der Waals surface area (Å²) in [7, 11) is 1.39. The largest absolute Gasteiger partial charge is 0.497 e. The van der Waals surface area contributed by atoms with Crippen LogP contribution in [0.3, 0.4) is 0 Å². The van der Waals surface area contributed by atoms with Gasteiger partial charge in [0.2, 0.25) is 5.78 Å². The Labute approximate surface area is 167 Å². The van der Waals surface area contributed by atoms with Gasteiger partial charge in [-0.05, 0) is 12.1 Å². The van der Waals surface area contributed by atoms with Crippen LogP contribution in [0.25, 0.3) is 11.1 Å². The van der Waals surface area contributed by atoms with Gasteiger partial charge in [-0.1, -0.05) is 41.9 Å². The molecule has 1 amide bonds. The van der Waals surface area contributed by atoms with Crippen molar-refractivity contribution in [3.63, 3.8) is 0 Å². The molecular formula is C20H12ClF2NO3S. The number of methoxy groups -OCH3 is 1. The van der Waals surface area contributed by atoms with E-state index in [0.717, 1.165) is 17.4 Å². The van der Waals surface area contributed by atoms with Crippen molar-refractivity contribution >= 4 is 39.6 Å². The minimum atomic E-state index is -2.93. The van der Waals surface area contributed by atoms with E-state index in [1.165, 1.54) is 43.5 Å². The fourth-order valence-corrected chi connectivity index (χ4v) is 4.53. The maximum atomic E-state index is 15.8. The van der Waals surface area contributed by atoms with E-state index in [1.807, 2.05) is 0 Å². The molecule has 1 unspecified atom stereocenters. The van der Waals surface area contributed by atoms with Crippen LogP contribution in [0.4, 0.5) is 13.8 Å². The Morgan fingerprint density at radius 2 is 1.82 bits per heavy atom. The second kappa shape index (κ2) is 6.68. The summed E-state index contributed by atoms with van der Waals surface area (Å²) in [6.45, 7) is 0. The van der Waals surface area contributed by atoms with Crippen LogP contribution in [0.1, 0.15) is 15.9 Å². The first-order valence-corrected chi connectivity index (χ1v) is 9.34. The van der Waals surface area contributed by atoms with Crippen LogP contribution in [0, 0.1) is 5.82 Å². The van der Waals surface area contributed by atoms with Crippen molar-refractivity contribution in [2.45, 2.75) is 5.67 Å². The molecule has 0 bridgehead atoms. The number of thiophene rings is 1.